The summed E-state index contributed by atoms with van der Waals surface area (Å²) in [5.41, 5.74) is 4.15. The number of thioether (sulfide) groups is 1. The summed E-state index contributed by atoms with van der Waals surface area (Å²) in [6, 6.07) is 7.92. The zero-order chi connectivity index (χ0) is 19.1. The Kier molecular flexibility index (Phi) is 7.45. The summed E-state index contributed by atoms with van der Waals surface area (Å²) in [7, 11) is 1.81. The van der Waals surface area contributed by atoms with Gasteiger partial charge in [-0.3, -0.25) is 4.79 Å². The first-order valence-electron chi connectivity index (χ1n) is 8.72. The van der Waals surface area contributed by atoms with Gasteiger partial charge >= 0.3 is 0 Å². The minimum Gasteiger partial charge on any atom is -0.492 e. The Labute approximate surface area is 160 Å². The van der Waals surface area contributed by atoms with Gasteiger partial charge in [-0.15, -0.1) is 0 Å². The number of hydrogen-bond donors (Lipinski definition) is 0. The van der Waals surface area contributed by atoms with Gasteiger partial charge < -0.3 is 9.64 Å². The molecule has 0 saturated carbocycles. The number of aryl methyl sites for hydroxylation is 3. The van der Waals surface area contributed by atoms with Crippen molar-refractivity contribution in [2.45, 2.75) is 38.8 Å². The highest BCUT2D eigenvalue weighted by Crippen LogP contribution is 2.17. The molecule has 5 nitrogen and oxygen atoms in total. The van der Waals surface area contributed by atoms with Crippen molar-refractivity contribution in [2.24, 2.45) is 0 Å². The summed E-state index contributed by atoms with van der Waals surface area (Å²) >= 11 is 1.53. The van der Waals surface area contributed by atoms with E-state index in [-0.39, 0.29) is 5.91 Å². The maximum atomic E-state index is 12.4. The first kappa shape index (κ1) is 20.2. The van der Waals surface area contributed by atoms with E-state index in [1.165, 1.54) is 11.8 Å². The molecule has 0 aliphatic carbocycles. The molecule has 0 aliphatic heterocycles. The maximum Gasteiger partial charge on any atom is 0.222 e. The molecule has 0 aliphatic rings. The fraction of sp³-hybridized carbons (Fsp3) is 0.450. The molecule has 140 valence electrons. The number of carbonyl (C=O) groups is 1. The summed E-state index contributed by atoms with van der Waals surface area (Å²) in [4.78, 5) is 23.0. The molecule has 1 amide bonds. The Morgan fingerprint density at radius 1 is 1.19 bits per heavy atom. The number of hydrogen-bond acceptors (Lipinski definition) is 5. The molecule has 0 spiro atoms. The molecule has 0 bridgehead atoms. The Balaban J connectivity index is 1.82. The van der Waals surface area contributed by atoms with Crippen LogP contribution in [0.25, 0.3) is 0 Å². The molecular formula is C20H27N3O2S. The lowest BCUT2D eigenvalue weighted by atomic mass is 10.1. The summed E-state index contributed by atoms with van der Waals surface area (Å²) in [5, 5.41) is 0.778. The van der Waals surface area contributed by atoms with E-state index in [0.29, 0.717) is 26.0 Å². The van der Waals surface area contributed by atoms with Crippen molar-refractivity contribution in [3.63, 3.8) is 0 Å². The number of amides is 1. The summed E-state index contributed by atoms with van der Waals surface area (Å²) in [6.45, 7) is 7.03. The van der Waals surface area contributed by atoms with E-state index in [1.54, 1.807) is 4.90 Å². The third kappa shape index (κ3) is 5.73. The molecule has 1 heterocycles. The fourth-order valence-electron chi connectivity index (χ4n) is 2.71. The van der Waals surface area contributed by atoms with Crippen molar-refractivity contribution in [3.8, 4) is 5.75 Å². The molecule has 6 heteroatoms. The molecule has 0 saturated heterocycles. The molecule has 1 aromatic carbocycles. The maximum absolute atomic E-state index is 12.4. The quantitative estimate of drug-likeness (QED) is 0.523. The third-order valence-electron chi connectivity index (χ3n) is 4.28. The van der Waals surface area contributed by atoms with Gasteiger partial charge in [0.1, 0.15) is 12.4 Å². The molecule has 0 atom stereocenters. The van der Waals surface area contributed by atoms with Crippen LogP contribution >= 0.6 is 11.8 Å². The van der Waals surface area contributed by atoms with E-state index in [4.69, 9.17) is 4.74 Å². The highest BCUT2D eigenvalue weighted by Gasteiger charge is 2.13. The Hall–Kier alpha value is -2.08. The minimum atomic E-state index is 0.102. The number of ether oxygens (including phenoxy) is 1. The number of aromatic nitrogens is 2. The van der Waals surface area contributed by atoms with Crippen LogP contribution in [0.1, 0.15) is 28.9 Å². The molecule has 26 heavy (non-hydrogen) atoms. The average Bonchev–Trinajstić information content (AvgIpc) is 2.60. The van der Waals surface area contributed by atoms with Crippen molar-refractivity contribution in [3.05, 3.63) is 46.8 Å². The zero-order valence-electron chi connectivity index (χ0n) is 16.2. The lowest BCUT2D eigenvalue weighted by Crippen LogP contribution is -2.31. The largest absolute Gasteiger partial charge is 0.492 e. The lowest BCUT2D eigenvalue weighted by Gasteiger charge is -2.18. The van der Waals surface area contributed by atoms with E-state index >= 15 is 0 Å². The van der Waals surface area contributed by atoms with E-state index in [2.05, 4.69) is 9.97 Å². The molecule has 2 aromatic rings. The van der Waals surface area contributed by atoms with Gasteiger partial charge in [-0.2, -0.15) is 0 Å². The summed E-state index contributed by atoms with van der Waals surface area (Å²) in [5.74, 6) is 0.939. The van der Waals surface area contributed by atoms with Crippen LogP contribution in [0.3, 0.4) is 0 Å². The molecule has 0 fully saturated rings. The number of nitrogens with zero attached hydrogens (tertiary/aromatic N) is 3. The Bertz CT molecular complexity index is 741. The first-order chi connectivity index (χ1) is 12.4. The van der Waals surface area contributed by atoms with Crippen molar-refractivity contribution in [1.29, 1.82) is 0 Å². The van der Waals surface area contributed by atoms with Crippen LogP contribution in [0.4, 0.5) is 0 Å². The van der Waals surface area contributed by atoms with Crippen molar-refractivity contribution in [1.82, 2.24) is 14.9 Å². The van der Waals surface area contributed by atoms with Gasteiger partial charge in [-0.05, 0) is 56.7 Å². The zero-order valence-corrected chi connectivity index (χ0v) is 17.0. The van der Waals surface area contributed by atoms with Crippen LogP contribution in [0, 0.1) is 20.8 Å². The summed E-state index contributed by atoms with van der Waals surface area (Å²) in [6.07, 6.45) is 3.07. The Morgan fingerprint density at radius 3 is 2.50 bits per heavy atom. The standard InChI is InChI=1S/C20H27N3O2S/c1-14-7-6-8-17(13-14)25-12-11-23(4)19(24)10-9-18-15(2)21-20(26-5)22-16(18)3/h6-8,13H,9-12H2,1-5H3. The minimum absolute atomic E-state index is 0.102. The monoisotopic (exact) mass is 373 g/mol. The van der Waals surface area contributed by atoms with Crippen LogP contribution in [0.5, 0.6) is 5.75 Å². The lowest BCUT2D eigenvalue weighted by molar-refractivity contribution is -0.130. The van der Waals surface area contributed by atoms with Crippen LogP contribution in [-0.4, -0.2) is 47.2 Å². The average molecular weight is 374 g/mol. The van der Waals surface area contributed by atoms with Crippen molar-refractivity contribution in [2.75, 3.05) is 26.5 Å². The van der Waals surface area contributed by atoms with Gasteiger partial charge in [-0.1, -0.05) is 23.9 Å². The highest BCUT2D eigenvalue weighted by molar-refractivity contribution is 7.98. The van der Waals surface area contributed by atoms with Gasteiger partial charge in [-0.25, -0.2) is 9.97 Å². The number of likely N-dealkylation sites (N-methyl/N-ethyl adjacent to an activating group) is 1. The normalized spacial score (nSPS) is 10.7. The molecular weight excluding hydrogens is 346 g/mol. The van der Waals surface area contributed by atoms with Crippen LogP contribution in [-0.2, 0) is 11.2 Å². The van der Waals surface area contributed by atoms with Gasteiger partial charge in [0.15, 0.2) is 5.16 Å². The molecule has 1 aromatic heterocycles. The van der Waals surface area contributed by atoms with Crippen LogP contribution < -0.4 is 4.74 Å². The number of carbonyl (C=O) groups excluding carboxylic acids is 1. The van der Waals surface area contributed by atoms with Crippen LogP contribution in [0.2, 0.25) is 0 Å². The second-order valence-corrected chi connectivity index (χ2v) is 7.11. The van der Waals surface area contributed by atoms with E-state index in [0.717, 1.165) is 33.4 Å². The topological polar surface area (TPSA) is 55.3 Å². The smallest absolute Gasteiger partial charge is 0.222 e. The van der Waals surface area contributed by atoms with E-state index in [9.17, 15) is 4.79 Å². The Morgan fingerprint density at radius 2 is 1.88 bits per heavy atom. The predicted molar refractivity (Wildman–Crippen MR) is 106 cm³/mol. The molecule has 0 radical (unpaired) electrons. The first-order valence-corrected chi connectivity index (χ1v) is 9.94. The van der Waals surface area contributed by atoms with Crippen LogP contribution in [0.15, 0.2) is 29.4 Å². The second-order valence-electron chi connectivity index (χ2n) is 6.34. The second kappa shape index (κ2) is 9.57. The predicted octanol–water partition coefficient (Wildman–Crippen LogP) is 3.59. The molecule has 0 unspecified atom stereocenters. The van der Waals surface area contributed by atoms with E-state index < -0.39 is 0 Å². The van der Waals surface area contributed by atoms with Gasteiger partial charge in [0.05, 0.1) is 6.54 Å². The van der Waals surface area contributed by atoms with Crippen molar-refractivity contribution >= 4 is 17.7 Å². The van der Waals surface area contributed by atoms with Crippen molar-refractivity contribution < 1.29 is 9.53 Å². The molecule has 0 N–H and O–H groups in total. The van der Waals surface area contributed by atoms with Gasteiger partial charge in [0.25, 0.3) is 0 Å². The highest BCUT2D eigenvalue weighted by atomic mass is 32.2. The number of benzene rings is 1. The third-order valence-corrected chi connectivity index (χ3v) is 4.83. The van der Waals surface area contributed by atoms with Gasteiger partial charge in [0, 0.05) is 24.9 Å². The SMILES string of the molecule is CSc1nc(C)c(CCC(=O)N(C)CCOc2cccc(C)c2)c(C)n1. The number of rotatable bonds is 8. The summed E-state index contributed by atoms with van der Waals surface area (Å²) < 4.78 is 5.72. The molecule has 2 rings (SSSR count). The van der Waals surface area contributed by atoms with Gasteiger partial charge in [0.2, 0.25) is 5.91 Å². The van der Waals surface area contributed by atoms with E-state index in [1.807, 2.05) is 58.3 Å². The fourth-order valence-corrected chi connectivity index (χ4v) is 3.17.